The molecule has 1 unspecified atom stereocenters. The third kappa shape index (κ3) is 2.58. The molecule has 0 spiro atoms. The predicted octanol–water partition coefficient (Wildman–Crippen LogP) is 3.36. The van der Waals surface area contributed by atoms with Gasteiger partial charge in [-0.1, -0.05) is 17.7 Å². The lowest BCUT2D eigenvalue weighted by molar-refractivity contribution is 0.536. The molecule has 2 nitrogen and oxygen atoms in total. The molecule has 1 aliphatic rings. The average molecular weight is 279 g/mol. The van der Waals surface area contributed by atoms with Gasteiger partial charge in [-0.25, -0.2) is 4.98 Å². The van der Waals surface area contributed by atoms with Gasteiger partial charge in [0.1, 0.15) is 0 Å². The average Bonchev–Trinajstić information content (AvgIpc) is 2.92. The molecule has 0 radical (unpaired) electrons. The van der Waals surface area contributed by atoms with Crippen LogP contribution in [0.2, 0.25) is 5.02 Å². The van der Waals surface area contributed by atoms with Crippen LogP contribution in [0.4, 0.5) is 0 Å². The molecule has 1 aliphatic carbocycles. The van der Waals surface area contributed by atoms with Crippen LogP contribution >= 0.6 is 22.9 Å². The molecule has 0 amide bonds. The monoisotopic (exact) mass is 278 g/mol. The highest BCUT2D eigenvalue weighted by atomic mass is 35.5. The van der Waals surface area contributed by atoms with E-state index < -0.39 is 0 Å². The predicted molar refractivity (Wildman–Crippen MR) is 76.3 cm³/mol. The number of nitrogens with one attached hydrogen (secondary N) is 1. The maximum Gasteiger partial charge on any atom is 0.0897 e. The van der Waals surface area contributed by atoms with E-state index in [1.165, 1.54) is 16.0 Å². The van der Waals surface area contributed by atoms with Crippen molar-refractivity contribution in [2.45, 2.75) is 32.4 Å². The second kappa shape index (κ2) is 5.00. The fourth-order valence-corrected chi connectivity index (χ4v) is 3.40. The first-order valence-corrected chi connectivity index (χ1v) is 7.32. The molecule has 1 aromatic carbocycles. The zero-order valence-corrected chi connectivity index (χ0v) is 11.8. The summed E-state index contributed by atoms with van der Waals surface area (Å²) in [6.07, 6.45) is 4.14. The molecule has 0 fully saturated rings. The van der Waals surface area contributed by atoms with E-state index in [1.54, 1.807) is 11.3 Å². The number of nitrogens with zero attached hydrogens (tertiary/aromatic N) is 1. The summed E-state index contributed by atoms with van der Waals surface area (Å²) in [5, 5.41) is 5.58. The number of rotatable bonds is 3. The third-order valence-corrected chi connectivity index (χ3v) is 4.48. The van der Waals surface area contributed by atoms with E-state index in [1.807, 2.05) is 19.2 Å². The highest BCUT2D eigenvalue weighted by molar-refractivity contribution is 7.11. The topological polar surface area (TPSA) is 24.9 Å². The van der Waals surface area contributed by atoms with Gasteiger partial charge in [0.05, 0.1) is 5.01 Å². The maximum atomic E-state index is 6.02. The Kier molecular flexibility index (Phi) is 3.37. The van der Waals surface area contributed by atoms with Crippen LogP contribution in [0.1, 0.15) is 21.0 Å². The summed E-state index contributed by atoms with van der Waals surface area (Å²) >= 11 is 7.78. The normalized spacial score (nSPS) is 18.0. The first-order chi connectivity index (χ1) is 8.70. The van der Waals surface area contributed by atoms with Crippen molar-refractivity contribution in [2.24, 2.45) is 0 Å². The van der Waals surface area contributed by atoms with Crippen molar-refractivity contribution < 1.29 is 0 Å². The van der Waals surface area contributed by atoms with Gasteiger partial charge in [0.25, 0.3) is 0 Å². The summed E-state index contributed by atoms with van der Waals surface area (Å²) in [5.74, 6) is 0. The van der Waals surface area contributed by atoms with E-state index in [-0.39, 0.29) is 0 Å². The van der Waals surface area contributed by atoms with Gasteiger partial charge < -0.3 is 5.32 Å². The number of aromatic nitrogens is 1. The van der Waals surface area contributed by atoms with Gasteiger partial charge >= 0.3 is 0 Å². The van der Waals surface area contributed by atoms with Crippen molar-refractivity contribution in [1.29, 1.82) is 0 Å². The first-order valence-electron chi connectivity index (χ1n) is 6.13. The first kappa shape index (κ1) is 12.2. The van der Waals surface area contributed by atoms with Crippen LogP contribution in [0.5, 0.6) is 0 Å². The molecular formula is C14H15ClN2S. The summed E-state index contributed by atoms with van der Waals surface area (Å²) in [6, 6.07) is 6.75. The second-order valence-corrected chi connectivity index (χ2v) is 6.50. The molecular weight excluding hydrogens is 264 g/mol. The molecule has 1 atom stereocenters. The van der Waals surface area contributed by atoms with Crippen LogP contribution in [-0.4, -0.2) is 11.0 Å². The Hall–Kier alpha value is -0.900. The molecule has 0 saturated heterocycles. The number of hydrogen-bond acceptors (Lipinski definition) is 3. The molecule has 1 N–H and O–H groups in total. The van der Waals surface area contributed by atoms with Gasteiger partial charge in [0.15, 0.2) is 0 Å². The maximum absolute atomic E-state index is 6.02. The number of aryl methyl sites for hydroxylation is 1. The Morgan fingerprint density at radius 1 is 1.39 bits per heavy atom. The summed E-state index contributed by atoms with van der Waals surface area (Å²) in [7, 11) is 0. The second-order valence-electron chi connectivity index (χ2n) is 4.74. The minimum absolute atomic E-state index is 0.529. The molecule has 1 aromatic heterocycles. The van der Waals surface area contributed by atoms with Crippen molar-refractivity contribution in [3.05, 3.63) is 50.4 Å². The Bertz CT molecular complexity index is 565. The largest absolute Gasteiger partial charge is 0.308 e. The van der Waals surface area contributed by atoms with Gasteiger partial charge in [-0.2, -0.15) is 0 Å². The van der Waals surface area contributed by atoms with Gasteiger partial charge in [-0.15, -0.1) is 11.3 Å². The van der Waals surface area contributed by atoms with Crippen molar-refractivity contribution in [3.63, 3.8) is 0 Å². The molecule has 94 valence electrons. The molecule has 18 heavy (non-hydrogen) atoms. The number of hydrogen-bond donors (Lipinski definition) is 1. The Morgan fingerprint density at radius 3 is 3.00 bits per heavy atom. The SMILES string of the molecule is Cc1ncc(CNC2Cc3ccc(Cl)cc3C2)s1. The van der Waals surface area contributed by atoms with Gasteiger partial charge in [0.2, 0.25) is 0 Å². The smallest absolute Gasteiger partial charge is 0.0897 e. The zero-order chi connectivity index (χ0) is 12.5. The zero-order valence-electron chi connectivity index (χ0n) is 10.2. The van der Waals surface area contributed by atoms with Crippen molar-refractivity contribution in [3.8, 4) is 0 Å². The highest BCUT2D eigenvalue weighted by Gasteiger charge is 2.21. The Morgan fingerprint density at radius 2 is 2.22 bits per heavy atom. The molecule has 0 aliphatic heterocycles. The van der Waals surface area contributed by atoms with Crippen LogP contribution in [0.3, 0.4) is 0 Å². The number of benzene rings is 1. The van der Waals surface area contributed by atoms with E-state index in [2.05, 4.69) is 22.4 Å². The molecule has 3 rings (SSSR count). The van der Waals surface area contributed by atoms with Crippen molar-refractivity contribution in [1.82, 2.24) is 10.3 Å². The van der Waals surface area contributed by atoms with Crippen molar-refractivity contribution in [2.75, 3.05) is 0 Å². The Labute approximate surface area is 116 Å². The highest BCUT2D eigenvalue weighted by Crippen LogP contribution is 2.25. The quantitative estimate of drug-likeness (QED) is 0.931. The molecule has 0 saturated carbocycles. The fourth-order valence-electron chi connectivity index (χ4n) is 2.46. The van der Waals surface area contributed by atoms with Gasteiger partial charge in [-0.05, 0) is 43.0 Å². The summed E-state index contributed by atoms with van der Waals surface area (Å²) < 4.78 is 0. The number of fused-ring (bicyclic) bond motifs is 1. The summed E-state index contributed by atoms with van der Waals surface area (Å²) in [6.45, 7) is 2.96. The third-order valence-electron chi connectivity index (χ3n) is 3.34. The van der Waals surface area contributed by atoms with Crippen LogP contribution in [0.25, 0.3) is 0 Å². The lowest BCUT2D eigenvalue weighted by atomic mass is 10.1. The standard InChI is InChI=1S/C14H15ClN2S/c1-9-16-7-14(18-9)8-17-13-5-10-2-3-12(15)4-11(10)6-13/h2-4,7,13,17H,5-6,8H2,1H3. The van der Waals surface area contributed by atoms with Crippen LogP contribution in [0, 0.1) is 6.92 Å². The fraction of sp³-hybridized carbons (Fsp3) is 0.357. The molecule has 4 heteroatoms. The van der Waals surface area contributed by atoms with E-state index in [0.29, 0.717) is 6.04 Å². The molecule has 2 aromatic rings. The van der Waals surface area contributed by atoms with E-state index in [4.69, 9.17) is 11.6 Å². The minimum Gasteiger partial charge on any atom is -0.308 e. The molecule has 1 heterocycles. The van der Waals surface area contributed by atoms with Crippen molar-refractivity contribution >= 4 is 22.9 Å². The lowest BCUT2D eigenvalue weighted by Gasteiger charge is -2.10. The minimum atomic E-state index is 0.529. The van der Waals surface area contributed by atoms with Crippen LogP contribution in [0.15, 0.2) is 24.4 Å². The van der Waals surface area contributed by atoms with E-state index in [0.717, 1.165) is 29.4 Å². The van der Waals surface area contributed by atoms with E-state index >= 15 is 0 Å². The lowest BCUT2D eigenvalue weighted by Crippen LogP contribution is -2.28. The van der Waals surface area contributed by atoms with Crippen LogP contribution in [-0.2, 0) is 19.4 Å². The van der Waals surface area contributed by atoms with Crippen LogP contribution < -0.4 is 5.32 Å². The summed E-state index contributed by atoms with van der Waals surface area (Å²) in [4.78, 5) is 5.58. The van der Waals surface area contributed by atoms with E-state index in [9.17, 15) is 0 Å². The van der Waals surface area contributed by atoms with Gasteiger partial charge in [0, 0.05) is 28.7 Å². The number of thiazole rings is 1. The Balaban J connectivity index is 1.61. The summed E-state index contributed by atoms with van der Waals surface area (Å²) in [5.41, 5.74) is 2.82. The van der Waals surface area contributed by atoms with Gasteiger partial charge in [-0.3, -0.25) is 0 Å². The number of halogens is 1. The molecule has 0 bridgehead atoms.